The standard InChI is InChI=1S/C16H16N2O3S/c1-12-11-16(13-5-3-2-4-6-13)17-18(12)14-7-9-15(10-8-14)22(19,20)21/h2-10,12H,11H2,1H3,(H,19,20,21)/p-1/t12-/m1/s1. The van der Waals surface area contributed by atoms with Crippen LogP contribution in [0.15, 0.2) is 64.6 Å². The van der Waals surface area contributed by atoms with Crippen LogP contribution in [0.5, 0.6) is 0 Å². The van der Waals surface area contributed by atoms with Gasteiger partial charge in [0.15, 0.2) is 0 Å². The molecule has 0 radical (unpaired) electrons. The molecule has 1 atom stereocenters. The molecule has 114 valence electrons. The minimum atomic E-state index is -4.41. The molecule has 0 saturated carbocycles. The summed E-state index contributed by atoms with van der Waals surface area (Å²) >= 11 is 0. The highest BCUT2D eigenvalue weighted by atomic mass is 32.2. The molecule has 5 nitrogen and oxygen atoms in total. The Bertz CT molecular complexity index is 799. The van der Waals surface area contributed by atoms with Crippen molar-refractivity contribution in [2.45, 2.75) is 24.3 Å². The highest BCUT2D eigenvalue weighted by Gasteiger charge is 2.24. The summed E-state index contributed by atoms with van der Waals surface area (Å²) in [5.74, 6) is 0. The topological polar surface area (TPSA) is 72.8 Å². The summed E-state index contributed by atoms with van der Waals surface area (Å²) in [7, 11) is -4.41. The third kappa shape index (κ3) is 2.88. The van der Waals surface area contributed by atoms with Crippen LogP contribution in [0, 0.1) is 0 Å². The summed E-state index contributed by atoms with van der Waals surface area (Å²) < 4.78 is 32.9. The van der Waals surface area contributed by atoms with Gasteiger partial charge in [-0.25, -0.2) is 8.42 Å². The van der Waals surface area contributed by atoms with Crippen LogP contribution in [0.25, 0.3) is 0 Å². The normalized spacial score (nSPS) is 18.4. The van der Waals surface area contributed by atoms with Gasteiger partial charge in [0.25, 0.3) is 0 Å². The van der Waals surface area contributed by atoms with Gasteiger partial charge in [0.1, 0.15) is 10.1 Å². The lowest BCUT2D eigenvalue weighted by Crippen LogP contribution is -2.22. The quantitative estimate of drug-likeness (QED) is 0.816. The van der Waals surface area contributed by atoms with Gasteiger partial charge in [0, 0.05) is 6.42 Å². The van der Waals surface area contributed by atoms with Gasteiger partial charge < -0.3 is 4.55 Å². The van der Waals surface area contributed by atoms with Crippen molar-refractivity contribution >= 4 is 21.5 Å². The average Bonchev–Trinajstić information content (AvgIpc) is 2.89. The summed E-state index contributed by atoms with van der Waals surface area (Å²) in [6.07, 6.45) is 0.811. The Morgan fingerprint density at radius 1 is 1.09 bits per heavy atom. The fourth-order valence-corrected chi connectivity index (χ4v) is 2.99. The predicted molar refractivity (Wildman–Crippen MR) is 83.9 cm³/mol. The molecule has 22 heavy (non-hydrogen) atoms. The molecule has 3 rings (SSSR count). The van der Waals surface area contributed by atoms with Crippen LogP contribution in [-0.2, 0) is 10.1 Å². The number of hydrazone groups is 1. The Kier molecular flexibility index (Phi) is 3.72. The van der Waals surface area contributed by atoms with Crippen molar-refractivity contribution < 1.29 is 13.0 Å². The SMILES string of the molecule is C[C@@H]1CC(c2ccccc2)=NN1c1ccc(S(=O)(=O)[O-])cc1. The maximum Gasteiger partial charge on any atom is 0.124 e. The first-order chi connectivity index (χ1) is 10.4. The Morgan fingerprint density at radius 2 is 1.73 bits per heavy atom. The number of rotatable bonds is 3. The van der Waals surface area contributed by atoms with Gasteiger partial charge in [0.2, 0.25) is 0 Å². The van der Waals surface area contributed by atoms with Gasteiger partial charge in [-0.2, -0.15) is 5.10 Å². The zero-order valence-electron chi connectivity index (χ0n) is 12.0. The van der Waals surface area contributed by atoms with Gasteiger partial charge in [-0.05, 0) is 36.8 Å². The van der Waals surface area contributed by atoms with Crippen LogP contribution in [0.2, 0.25) is 0 Å². The fraction of sp³-hybridized carbons (Fsp3) is 0.188. The Labute approximate surface area is 129 Å². The third-order valence-electron chi connectivity index (χ3n) is 3.63. The van der Waals surface area contributed by atoms with E-state index >= 15 is 0 Å². The zero-order chi connectivity index (χ0) is 15.7. The molecule has 0 bridgehead atoms. The third-order valence-corrected chi connectivity index (χ3v) is 4.48. The lowest BCUT2D eigenvalue weighted by Gasteiger charge is -2.20. The van der Waals surface area contributed by atoms with E-state index in [1.165, 1.54) is 12.1 Å². The molecule has 0 aromatic heterocycles. The summed E-state index contributed by atoms with van der Waals surface area (Å²) in [4.78, 5) is -0.227. The molecule has 1 aliphatic heterocycles. The van der Waals surface area contributed by atoms with E-state index in [0.717, 1.165) is 23.4 Å². The van der Waals surface area contributed by atoms with Crippen LogP contribution < -0.4 is 5.01 Å². The van der Waals surface area contributed by atoms with Crippen LogP contribution >= 0.6 is 0 Å². The Hall–Kier alpha value is -2.18. The van der Waals surface area contributed by atoms with Crippen molar-refractivity contribution in [3.63, 3.8) is 0 Å². The van der Waals surface area contributed by atoms with Crippen LogP contribution in [-0.4, -0.2) is 24.7 Å². The first-order valence-electron chi connectivity index (χ1n) is 6.93. The van der Waals surface area contributed by atoms with Gasteiger partial charge in [-0.3, -0.25) is 5.01 Å². The lowest BCUT2D eigenvalue weighted by atomic mass is 10.1. The van der Waals surface area contributed by atoms with Crippen molar-refractivity contribution in [3.8, 4) is 0 Å². The highest BCUT2D eigenvalue weighted by molar-refractivity contribution is 7.85. The van der Waals surface area contributed by atoms with Crippen molar-refractivity contribution in [2.75, 3.05) is 5.01 Å². The molecule has 0 amide bonds. The Balaban J connectivity index is 1.90. The molecule has 0 unspecified atom stereocenters. The van der Waals surface area contributed by atoms with Crippen molar-refractivity contribution in [2.24, 2.45) is 5.10 Å². The van der Waals surface area contributed by atoms with E-state index in [4.69, 9.17) is 0 Å². The number of benzene rings is 2. The van der Waals surface area contributed by atoms with Crippen molar-refractivity contribution in [1.82, 2.24) is 0 Å². The molecular formula is C16H15N2O3S-. The van der Waals surface area contributed by atoms with Gasteiger partial charge >= 0.3 is 0 Å². The smallest absolute Gasteiger partial charge is 0.124 e. The zero-order valence-corrected chi connectivity index (χ0v) is 12.8. The van der Waals surface area contributed by atoms with E-state index in [-0.39, 0.29) is 10.9 Å². The molecular weight excluding hydrogens is 300 g/mol. The number of nitrogens with zero attached hydrogens (tertiary/aromatic N) is 2. The first kappa shape index (κ1) is 14.7. The summed E-state index contributed by atoms with van der Waals surface area (Å²) in [6.45, 7) is 2.05. The van der Waals surface area contributed by atoms with Gasteiger partial charge in [-0.15, -0.1) is 0 Å². The maximum absolute atomic E-state index is 11.0. The largest absolute Gasteiger partial charge is 0.744 e. The molecule has 0 fully saturated rings. The minimum absolute atomic E-state index is 0.171. The average molecular weight is 315 g/mol. The van der Waals surface area contributed by atoms with E-state index in [0.29, 0.717) is 0 Å². The maximum atomic E-state index is 11.0. The van der Waals surface area contributed by atoms with E-state index in [1.807, 2.05) is 35.3 Å². The molecule has 6 heteroatoms. The van der Waals surface area contributed by atoms with Crippen LogP contribution in [0.1, 0.15) is 18.9 Å². The number of hydrogen-bond acceptors (Lipinski definition) is 5. The van der Waals surface area contributed by atoms with E-state index < -0.39 is 10.1 Å². The highest BCUT2D eigenvalue weighted by Crippen LogP contribution is 2.27. The fourth-order valence-electron chi connectivity index (χ4n) is 2.52. The van der Waals surface area contributed by atoms with Crippen LogP contribution in [0.4, 0.5) is 5.69 Å². The summed E-state index contributed by atoms with van der Waals surface area (Å²) in [5.41, 5.74) is 2.84. The molecule has 1 aliphatic rings. The molecule has 0 saturated heterocycles. The van der Waals surface area contributed by atoms with Crippen molar-refractivity contribution in [3.05, 3.63) is 60.2 Å². The second-order valence-electron chi connectivity index (χ2n) is 5.26. The first-order valence-corrected chi connectivity index (χ1v) is 8.34. The number of anilines is 1. The summed E-state index contributed by atoms with van der Waals surface area (Å²) in [5, 5.41) is 6.47. The predicted octanol–water partition coefficient (Wildman–Crippen LogP) is 2.59. The monoisotopic (exact) mass is 315 g/mol. The summed E-state index contributed by atoms with van der Waals surface area (Å²) in [6, 6.07) is 16.0. The van der Waals surface area contributed by atoms with E-state index in [9.17, 15) is 13.0 Å². The lowest BCUT2D eigenvalue weighted by molar-refractivity contribution is 0.463. The molecule has 1 heterocycles. The second-order valence-corrected chi connectivity index (χ2v) is 6.64. The Morgan fingerprint density at radius 3 is 2.32 bits per heavy atom. The molecule has 2 aromatic rings. The second kappa shape index (κ2) is 5.55. The van der Waals surface area contributed by atoms with Gasteiger partial charge in [0.05, 0.1) is 22.3 Å². The minimum Gasteiger partial charge on any atom is -0.744 e. The molecule has 2 aromatic carbocycles. The molecule has 0 N–H and O–H groups in total. The van der Waals surface area contributed by atoms with Gasteiger partial charge in [-0.1, -0.05) is 30.3 Å². The molecule has 0 aliphatic carbocycles. The van der Waals surface area contributed by atoms with Crippen LogP contribution in [0.3, 0.4) is 0 Å². The van der Waals surface area contributed by atoms with E-state index in [1.54, 1.807) is 12.1 Å². The molecule has 0 spiro atoms. The van der Waals surface area contributed by atoms with E-state index in [2.05, 4.69) is 12.0 Å². The van der Waals surface area contributed by atoms with Crippen molar-refractivity contribution in [1.29, 1.82) is 0 Å². The number of hydrogen-bond donors (Lipinski definition) is 0.